The molecule has 150 valence electrons. The number of rotatable bonds is 8. The van der Waals surface area contributed by atoms with Gasteiger partial charge in [0.05, 0.1) is 17.0 Å². The largest absolute Gasteiger partial charge is 0.482 e. The van der Waals surface area contributed by atoms with E-state index in [2.05, 4.69) is 20.7 Å². The van der Waals surface area contributed by atoms with Crippen LogP contribution < -0.4 is 10.2 Å². The van der Waals surface area contributed by atoms with Crippen LogP contribution in [0.4, 0.5) is 0 Å². The first kappa shape index (κ1) is 21.4. The van der Waals surface area contributed by atoms with Crippen LogP contribution in [-0.4, -0.2) is 28.1 Å². The SMILES string of the molecule is O=C(CSc1nnc(COc2ccc(Cl)cc2Cl)o1)N/N=C\c1ccccc1Cl. The number of hydrogen-bond acceptors (Lipinski definition) is 7. The van der Waals surface area contributed by atoms with E-state index in [-0.39, 0.29) is 29.4 Å². The van der Waals surface area contributed by atoms with Gasteiger partial charge in [0.15, 0.2) is 6.61 Å². The highest BCUT2D eigenvalue weighted by atomic mass is 35.5. The molecule has 0 saturated heterocycles. The zero-order chi connectivity index (χ0) is 20.6. The van der Waals surface area contributed by atoms with Gasteiger partial charge in [-0.2, -0.15) is 5.10 Å². The molecule has 11 heteroatoms. The van der Waals surface area contributed by atoms with Crippen molar-refractivity contribution in [1.82, 2.24) is 15.6 Å². The number of halogens is 3. The van der Waals surface area contributed by atoms with Gasteiger partial charge in [0.25, 0.3) is 17.0 Å². The van der Waals surface area contributed by atoms with Crippen molar-refractivity contribution in [3.63, 3.8) is 0 Å². The number of thioether (sulfide) groups is 1. The molecule has 0 radical (unpaired) electrons. The van der Waals surface area contributed by atoms with Crippen molar-refractivity contribution in [2.75, 3.05) is 5.75 Å². The molecule has 3 rings (SSSR count). The summed E-state index contributed by atoms with van der Waals surface area (Å²) in [7, 11) is 0. The van der Waals surface area contributed by atoms with Gasteiger partial charge in [-0.15, -0.1) is 10.2 Å². The molecule has 0 saturated carbocycles. The number of nitrogens with zero attached hydrogens (tertiary/aromatic N) is 3. The molecule has 0 fully saturated rings. The van der Waals surface area contributed by atoms with Crippen LogP contribution in [0.15, 0.2) is 57.2 Å². The summed E-state index contributed by atoms with van der Waals surface area (Å²) in [4.78, 5) is 11.9. The average Bonchev–Trinajstić information content (AvgIpc) is 3.15. The monoisotopic (exact) mass is 470 g/mol. The summed E-state index contributed by atoms with van der Waals surface area (Å²) in [5.41, 5.74) is 3.10. The maximum atomic E-state index is 11.9. The fraction of sp³-hybridized carbons (Fsp3) is 0.111. The Kier molecular flexibility index (Phi) is 7.76. The minimum Gasteiger partial charge on any atom is -0.482 e. The van der Waals surface area contributed by atoms with Gasteiger partial charge < -0.3 is 9.15 Å². The summed E-state index contributed by atoms with van der Waals surface area (Å²) in [5, 5.41) is 13.2. The summed E-state index contributed by atoms with van der Waals surface area (Å²) in [5.74, 6) is 0.405. The number of nitrogens with one attached hydrogen (secondary N) is 1. The molecule has 0 spiro atoms. The first-order chi connectivity index (χ1) is 14.0. The van der Waals surface area contributed by atoms with E-state index in [4.69, 9.17) is 44.0 Å². The average molecular weight is 472 g/mol. The Labute approximate surface area is 185 Å². The topological polar surface area (TPSA) is 89.6 Å². The number of carbonyl (C=O) groups excluding carboxylic acids is 1. The van der Waals surface area contributed by atoms with Gasteiger partial charge in [-0.1, -0.05) is 64.8 Å². The Bertz CT molecular complexity index is 1030. The Balaban J connectivity index is 1.44. The number of benzene rings is 2. The zero-order valence-corrected chi connectivity index (χ0v) is 17.7. The van der Waals surface area contributed by atoms with Crippen molar-refractivity contribution in [3.05, 3.63) is 69.0 Å². The molecule has 2 aromatic carbocycles. The van der Waals surface area contributed by atoms with Crippen molar-refractivity contribution in [2.24, 2.45) is 5.10 Å². The molecule has 0 aliphatic rings. The number of amides is 1. The van der Waals surface area contributed by atoms with Crippen molar-refractivity contribution in [2.45, 2.75) is 11.8 Å². The highest BCUT2D eigenvalue weighted by molar-refractivity contribution is 7.99. The predicted octanol–water partition coefficient (Wildman–Crippen LogP) is 4.85. The van der Waals surface area contributed by atoms with Crippen molar-refractivity contribution >= 4 is 58.7 Å². The maximum Gasteiger partial charge on any atom is 0.277 e. The van der Waals surface area contributed by atoms with Gasteiger partial charge >= 0.3 is 0 Å². The lowest BCUT2D eigenvalue weighted by Crippen LogP contribution is -2.19. The number of carbonyl (C=O) groups is 1. The van der Waals surface area contributed by atoms with E-state index < -0.39 is 0 Å². The van der Waals surface area contributed by atoms with Gasteiger partial charge in [0, 0.05) is 15.6 Å². The van der Waals surface area contributed by atoms with Crippen LogP contribution in [0.25, 0.3) is 0 Å². The standard InChI is InChI=1S/C18H13Cl3N4O3S/c19-12-5-6-15(14(21)7-12)27-9-17-24-25-18(28-17)29-10-16(26)23-22-8-11-3-1-2-4-13(11)20/h1-8H,9-10H2,(H,23,26)/b22-8-. The molecular weight excluding hydrogens is 459 g/mol. The number of ether oxygens (including phenoxy) is 1. The Morgan fingerprint density at radius 3 is 2.79 bits per heavy atom. The molecule has 0 aliphatic heterocycles. The molecule has 0 atom stereocenters. The maximum absolute atomic E-state index is 11.9. The summed E-state index contributed by atoms with van der Waals surface area (Å²) in [6.07, 6.45) is 1.47. The quantitative estimate of drug-likeness (QED) is 0.287. The van der Waals surface area contributed by atoms with Crippen LogP contribution in [0.2, 0.25) is 15.1 Å². The van der Waals surface area contributed by atoms with Crippen LogP contribution >= 0.6 is 46.6 Å². The fourth-order valence-electron chi connectivity index (χ4n) is 2.00. The van der Waals surface area contributed by atoms with Gasteiger partial charge in [-0.3, -0.25) is 4.79 Å². The third kappa shape index (κ3) is 6.64. The lowest BCUT2D eigenvalue weighted by molar-refractivity contribution is -0.118. The zero-order valence-electron chi connectivity index (χ0n) is 14.6. The van der Waals surface area contributed by atoms with Gasteiger partial charge in [-0.25, -0.2) is 5.43 Å². The van der Waals surface area contributed by atoms with E-state index in [1.807, 2.05) is 12.1 Å². The highest BCUT2D eigenvalue weighted by Crippen LogP contribution is 2.28. The third-order valence-corrected chi connectivity index (χ3v) is 5.01. The molecule has 3 aromatic rings. The second-order valence-corrected chi connectivity index (χ2v) is 7.61. The van der Waals surface area contributed by atoms with E-state index >= 15 is 0 Å². The summed E-state index contributed by atoms with van der Waals surface area (Å²) >= 11 is 18.9. The molecule has 1 amide bonds. The second-order valence-electron chi connectivity index (χ2n) is 5.43. The smallest absolute Gasteiger partial charge is 0.277 e. The lowest BCUT2D eigenvalue weighted by Gasteiger charge is -2.05. The molecule has 1 aromatic heterocycles. The van der Waals surface area contributed by atoms with Crippen molar-refractivity contribution in [1.29, 1.82) is 0 Å². The van der Waals surface area contributed by atoms with E-state index in [0.29, 0.717) is 26.4 Å². The van der Waals surface area contributed by atoms with Crippen molar-refractivity contribution in [3.8, 4) is 5.75 Å². The normalized spacial score (nSPS) is 11.0. The summed E-state index contributed by atoms with van der Waals surface area (Å²) in [6, 6.07) is 12.0. The Morgan fingerprint density at radius 2 is 2.00 bits per heavy atom. The van der Waals surface area contributed by atoms with Gasteiger partial charge in [0.1, 0.15) is 5.75 Å². The van der Waals surface area contributed by atoms with E-state index in [1.54, 1.807) is 30.3 Å². The molecule has 1 heterocycles. The minimum atomic E-state index is -0.331. The molecular formula is C18H13Cl3N4O3S. The first-order valence-electron chi connectivity index (χ1n) is 8.11. The van der Waals surface area contributed by atoms with Crippen LogP contribution in [0.3, 0.4) is 0 Å². The van der Waals surface area contributed by atoms with Crippen LogP contribution in [0, 0.1) is 0 Å². The first-order valence-corrected chi connectivity index (χ1v) is 10.2. The predicted molar refractivity (Wildman–Crippen MR) is 113 cm³/mol. The number of hydrazone groups is 1. The molecule has 0 unspecified atom stereocenters. The van der Waals surface area contributed by atoms with Crippen molar-refractivity contribution < 1.29 is 13.9 Å². The van der Waals surface area contributed by atoms with Crippen LogP contribution in [0.1, 0.15) is 11.5 Å². The summed E-state index contributed by atoms with van der Waals surface area (Å²) < 4.78 is 10.9. The van der Waals surface area contributed by atoms with Gasteiger partial charge in [0.2, 0.25) is 0 Å². The fourth-order valence-corrected chi connectivity index (χ4v) is 3.22. The number of hydrogen-bond donors (Lipinski definition) is 1. The Morgan fingerprint density at radius 1 is 1.17 bits per heavy atom. The number of aromatic nitrogens is 2. The van der Waals surface area contributed by atoms with E-state index in [0.717, 1.165) is 11.8 Å². The van der Waals surface area contributed by atoms with E-state index in [9.17, 15) is 4.79 Å². The highest BCUT2D eigenvalue weighted by Gasteiger charge is 2.11. The lowest BCUT2D eigenvalue weighted by atomic mass is 10.2. The van der Waals surface area contributed by atoms with Crippen LogP contribution in [-0.2, 0) is 11.4 Å². The Hall–Kier alpha value is -2.26. The van der Waals surface area contributed by atoms with E-state index in [1.165, 1.54) is 6.21 Å². The minimum absolute atomic E-state index is 0.0310. The second kappa shape index (κ2) is 10.5. The molecule has 1 N–H and O–H groups in total. The molecule has 0 bridgehead atoms. The molecule has 29 heavy (non-hydrogen) atoms. The summed E-state index contributed by atoms with van der Waals surface area (Å²) in [6.45, 7) is 0.0310. The third-order valence-electron chi connectivity index (χ3n) is 3.32. The molecule has 7 nitrogen and oxygen atoms in total. The van der Waals surface area contributed by atoms with Gasteiger partial charge in [-0.05, 0) is 24.3 Å². The van der Waals surface area contributed by atoms with Crippen LogP contribution in [0.5, 0.6) is 5.75 Å². The molecule has 0 aliphatic carbocycles.